The number of phenols is 1. The van der Waals surface area contributed by atoms with Crippen LogP contribution in [0.25, 0.3) is 0 Å². The zero-order chi connectivity index (χ0) is 28.3. The monoisotopic (exact) mass is 538 g/mol. The predicted octanol–water partition coefficient (Wildman–Crippen LogP) is 1.08. The maximum atomic E-state index is 13.3. The van der Waals surface area contributed by atoms with Crippen LogP contribution >= 0.6 is 0 Å². The predicted molar refractivity (Wildman–Crippen MR) is 141 cm³/mol. The van der Waals surface area contributed by atoms with Gasteiger partial charge < -0.3 is 35.8 Å². The van der Waals surface area contributed by atoms with E-state index in [1.165, 1.54) is 30.0 Å². The van der Waals surface area contributed by atoms with Gasteiger partial charge in [-0.05, 0) is 55.2 Å². The van der Waals surface area contributed by atoms with Crippen LogP contribution in [-0.2, 0) is 20.8 Å². The number of aliphatic hydroxyl groups excluding tert-OH is 1. The van der Waals surface area contributed by atoms with Crippen molar-refractivity contribution in [3.05, 3.63) is 53.6 Å². The molecule has 0 spiro atoms. The van der Waals surface area contributed by atoms with Crippen LogP contribution in [-0.4, -0.2) is 76.1 Å². The van der Waals surface area contributed by atoms with Gasteiger partial charge in [0.2, 0.25) is 17.7 Å². The SMILES string of the molecule is CC(C)[C@@H]1NC(=O)c2cc(ccc2O)Oc2ccc(cc2)C[C@@H](C(=O)N2CC[C@@H](O)C2)NC(=O)[C@H](C)NC1=O. The van der Waals surface area contributed by atoms with Crippen LogP contribution in [0.4, 0.5) is 0 Å². The Hall–Kier alpha value is -4.12. The van der Waals surface area contributed by atoms with Crippen molar-refractivity contribution < 1.29 is 34.1 Å². The zero-order valence-electron chi connectivity index (χ0n) is 22.1. The zero-order valence-corrected chi connectivity index (χ0v) is 22.1. The smallest absolute Gasteiger partial charge is 0.255 e. The van der Waals surface area contributed by atoms with E-state index >= 15 is 0 Å². The third-order valence-corrected chi connectivity index (χ3v) is 6.89. The van der Waals surface area contributed by atoms with Crippen molar-refractivity contribution in [1.29, 1.82) is 0 Å². The second-order valence-corrected chi connectivity index (χ2v) is 10.3. The Morgan fingerprint density at radius 1 is 1.00 bits per heavy atom. The molecule has 3 aliphatic heterocycles. The molecule has 0 unspecified atom stereocenters. The Balaban J connectivity index is 1.68. The van der Waals surface area contributed by atoms with E-state index in [2.05, 4.69) is 16.0 Å². The van der Waals surface area contributed by atoms with Crippen molar-refractivity contribution in [2.24, 2.45) is 5.92 Å². The normalized spacial score (nSPS) is 24.3. The number of rotatable bonds is 2. The Labute approximate surface area is 226 Å². The van der Waals surface area contributed by atoms with E-state index in [1.54, 1.807) is 38.1 Å². The molecule has 2 aromatic rings. The number of carbonyl (C=O) groups excluding carboxylic acids is 4. The van der Waals surface area contributed by atoms with E-state index in [4.69, 9.17) is 4.74 Å². The molecule has 1 fully saturated rings. The molecule has 3 heterocycles. The molecule has 4 amide bonds. The number of phenolic OH excluding ortho intramolecular Hbond substituents is 1. The van der Waals surface area contributed by atoms with Crippen LogP contribution in [0.5, 0.6) is 17.2 Å². The van der Waals surface area contributed by atoms with Crippen molar-refractivity contribution in [3.63, 3.8) is 0 Å². The molecule has 0 aliphatic carbocycles. The minimum atomic E-state index is -1.01. The molecule has 39 heavy (non-hydrogen) atoms. The van der Waals surface area contributed by atoms with Gasteiger partial charge in [-0.15, -0.1) is 0 Å². The molecule has 4 atom stereocenters. The molecular formula is C28H34N4O7. The number of likely N-dealkylation sites (tertiary alicyclic amines) is 1. The van der Waals surface area contributed by atoms with Crippen LogP contribution in [0.3, 0.4) is 0 Å². The van der Waals surface area contributed by atoms with Gasteiger partial charge in [0.05, 0.1) is 11.7 Å². The highest BCUT2D eigenvalue weighted by molar-refractivity contribution is 6.00. The molecule has 3 aliphatic rings. The van der Waals surface area contributed by atoms with E-state index in [-0.39, 0.29) is 36.1 Å². The average molecular weight is 539 g/mol. The van der Waals surface area contributed by atoms with Gasteiger partial charge in [0, 0.05) is 19.5 Å². The Morgan fingerprint density at radius 3 is 2.33 bits per heavy atom. The Bertz CT molecular complexity index is 1250. The second-order valence-electron chi connectivity index (χ2n) is 10.3. The summed E-state index contributed by atoms with van der Waals surface area (Å²) in [4.78, 5) is 54.1. The van der Waals surface area contributed by atoms with Gasteiger partial charge in [0.1, 0.15) is 35.4 Å². The minimum absolute atomic E-state index is 0.0668. The average Bonchev–Trinajstić information content (AvgIpc) is 3.33. The van der Waals surface area contributed by atoms with Crippen molar-refractivity contribution in [2.75, 3.05) is 13.1 Å². The molecule has 0 radical (unpaired) electrons. The van der Waals surface area contributed by atoms with E-state index in [0.717, 1.165) is 5.56 Å². The van der Waals surface area contributed by atoms with Crippen molar-refractivity contribution >= 4 is 23.6 Å². The van der Waals surface area contributed by atoms with Crippen molar-refractivity contribution in [3.8, 4) is 17.2 Å². The highest BCUT2D eigenvalue weighted by Crippen LogP contribution is 2.28. The van der Waals surface area contributed by atoms with Gasteiger partial charge in [0.15, 0.2) is 0 Å². The van der Waals surface area contributed by atoms with Gasteiger partial charge in [-0.3, -0.25) is 19.2 Å². The number of nitrogens with one attached hydrogen (secondary N) is 3. The molecular weight excluding hydrogens is 504 g/mol. The van der Waals surface area contributed by atoms with Gasteiger partial charge in [-0.1, -0.05) is 26.0 Å². The fourth-order valence-electron chi connectivity index (χ4n) is 4.61. The van der Waals surface area contributed by atoms with Crippen LogP contribution < -0.4 is 20.7 Å². The van der Waals surface area contributed by atoms with Crippen molar-refractivity contribution in [1.82, 2.24) is 20.9 Å². The lowest BCUT2D eigenvalue weighted by molar-refractivity contribution is -0.136. The van der Waals surface area contributed by atoms with Crippen LogP contribution in [0, 0.1) is 5.92 Å². The van der Waals surface area contributed by atoms with Gasteiger partial charge >= 0.3 is 0 Å². The van der Waals surface area contributed by atoms with E-state index in [9.17, 15) is 29.4 Å². The number of nitrogens with zero attached hydrogens (tertiary/aromatic N) is 1. The first kappa shape index (κ1) is 27.9. The third-order valence-electron chi connectivity index (χ3n) is 6.89. The molecule has 1 saturated heterocycles. The molecule has 208 valence electrons. The Morgan fingerprint density at radius 2 is 1.69 bits per heavy atom. The van der Waals surface area contributed by atoms with Crippen LogP contribution in [0.2, 0.25) is 0 Å². The molecule has 2 aromatic carbocycles. The van der Waals surface area contributed by atoms with E-state index in [1.807, 2.05) is 0 Å². The van der Waals surface area contributed by atoms with Gasteiger partial charge in [0.25, 0.3) is 5.91 Å². The quantitative estimate of drug-likeness (QED) is 0.358. The number of hydrogen-bond acceptors (Lipinski definition) is 7. The maximum Gasteiger partial charge on any atom is 0.255 e. The first-order chi connectivity index (χ1) is 18.5. The summed E-state index contributed by atoms with van der Waals surface area (Å²) in [7, 11) is 0. The van der Waals surface area contributed by atoms with Crippen LogP contribution in [0.15, 0.2) is 42.5 Å². The topological polar surface area (TPSA) is 157 Å². The summed E-state index contributed by atoms with van der Waals surface area (Å²) in [5, 5.41) is 28.2. The lowest BCUT2D eigenvalue weighted by Gasteiger charge is -2.27. The summed E-state index contributed by atoms with van der Waals surface area (Å²) in [6, 6.07) is 8.21. The minimum Gasteiger partial charge on any atom is -0.507 e. The van der Waals surface area contributed by atoms with Crippen molar-refractivity contribution in [2.45, 2.75) is 57.8 Å². The molecule has 0 saturated carbocycles. The first-order valence-corrected chi connectivity index (χ1v) is 13.0. The summed E-state index contributed by atoms with van der Waals surface area (Å²) in [5.74, 6) is -2.02. The first-order valence-electron chi connectivity index (χ1n) is 13.0. The summed E-state index contributed by atoms with van der Waals surface area (Å²) in [6.07, 6.45) is 0.0420. The fourth-order valence-corrected chi connectivity index (χ4v) is 4.61. The molecule has 5 rings (SSSR count). The van der Waals surface area contributed by atoms with Gasteiger partial charge in [-0.25, -0.2) is 0 Å². The number of β-amino-alcohol motifs (C(OH)–C–C–N with tert-alkyl or cyclic N) is 1. The maximum absolute atomic E-state index is 13.3. The number of hydrogen-bond donors (Lipinski definition) is 5. The highest BCUT2D eigenvalue weighted by Gasteiger charge is 2.33. The standard InChI is InChI=1S/C28H34N4O7/c1-15(2)24-27(37)29-16(3)25(35)30-22(28(38)32-11-10-18(33)14-32)12-17-4-6-19(7-5-17)39-20-8-9-23(34)21(13-20)26(36)31-24/h4-9,13,15-16,18,22,24,33-34H,10-12,14H2,1-3H3,(H,29,37)(H,30,35)(H,31,36)/t16-,18+,22-,24-/m0/s1. The lowest BCUT2D eigenvalue weighted by Crippen LogP contribution is -2.57. The fraction of sp³-hybridized carbons (Fsp3) is 0.429. The highest BCUT2D eigenvalue weighted by atomic mass is 16.5. The number of carbonyl (C=O) groups is 4. The number of aliphatic hydroxyl groups is 1. The number of fused-ring (bicyclic) bond motifs is 11. The summed E-state index contributed by atoms with van der Waals surface area (Å²) in [6.45, 7) is 5.55. The summed E-state index contributed by atoms with van der Waals surface area (Å²) >= 11 is 0. The second kappa shape index (κ2) is 11.7. The third kappa shape index (κ3) is 6.66. The lowest BCUT2D eigenvalue weighted by atomic mass is 10.0. The van der Waals surface area contributed by atoms with E-state index in [0.29, 0.717) is 24.5 Å². The summed E-state index contributed by atoms with van der Waals surface area (Å²) < 4.78 is 5.87. The molecule has 5 N–H and O–H groups in total. The molecule has 11 heteroatoms. The number of ether oxygens (including phenoxy) is 1. The molecule has 11 nitrogen and oxygen atoms in total. The number of aromatic hydroxyl groups is 1. The van der Waals surface area contributed by atoms with Gasteiger partial charge in [-0.2, -0.15) is 0 Å². The number of amides is 4. The van der Waals surface area contributed by atoms with E-state index < -0.39 is 42.0 Å². The summed E-state index contributed by atoms with van der Waals surface area (Å²) in [5.41, 5.74) is 0.687. The number of benzene rings is 2. The Kier molecular flexibility index (Phi) is 8.39. The van der Waals surface area contributed by atoms with Crippen LogP contribution in [0.1, 0.15) is 43.1 Å². The molecule has 4 bridgehead atoms. The largest absolute Gasteiger partial charge is 0.507 e. The molecule has 0 aromatic heterocycles.